The van der Waals surface area contributed by atoms with Gasteiger partial charge in [0.05, 0.1) is 15.2 Å². The third kappa shape index (κ3) is 1.22. The molecule has 3 N–H and O–H groups in total. The number of fused-ring (bicyclic) bond motifs is 1. The molecule has 0 bridgehead atoms. The van der Waals surface area contributed by atoms with Crippen molar-refractivity contribution in [3.05, 3.63) is 22.7 Å². The number of nitrogens with zero attached hydrogens (tertiary/aromatic N) is 1. The van der Waals surface area contributed by atoms with Crippen LogP contribution in [0.2, 0.25) is 0 Å². The molecule has 0 aliphatic carbocycles. The normalized spacial score (nSPS) is 10.6. The van der Waals surface area contributed by atoms with Crippen molar-refractivity contribution in [2.45, 2.75) is 6.92 Å². The summed E-state index contributed by atoms with van der Waals surface area (Å²) in [6.07, 6.45) is 0. The highest BCUT2D eigenvalue weighted by Crippen LogP contribution is 2.28. The van der Waals surface area contributed by atoms with E-state index in [2.05, 4.69) is 4.98 Å². The molecule has 2 rings (SSSR count). The van der Waals surface area contributed by atoms with E-state index in [0.29, 0.717) is 5.52 Å². The Morgan fingerprint density at radius 2 is 2.29 bits per heavy atom. The van der Waals surface area contributed by atoms with Gasteiger partial charge in [-0.3, -0.25) is 0 Å². The Labute approximate surface area is 84.0 Å². The first-order valence-electron chi connectivity index (χ1n) is 3.98. The number of aromatic carboxylic acids is 1. The number of nitrogens with two attached hydrogens (primary N) is 1. The molecule has 4 nitrogen and oxygen atoms in total. The first-order valence-corrected chi connectivity index (χ1v) is 4.80. The molecule has 0 atom stereocenters. The summed E-state index contributed by atoms with van der Waals surface area (Å²) in [6, 6.07) is 3.39. The monoisotopic (exact) mass is 208 g/mol. The predicted octanol–water partition coefficient (Wildman–Crippen LogP) is 1.89. The lowest BCUT2D eigenvalue weighted by atomic mass is 10.1. The van der Waals surface area contributed by atoms with Crippen LogP contribution in [0.3, 0.4) is 0 Å². The summed E-state index contributed by atoms with van der Waals surface area (Å²) < 4.78 is 0.856. The lowest BCUT2D eigenvalue weighted by molar-refractivity contribution is 0.0700. The topological polar surface area (TPSA) is 76.2 Å². The maximum absolute atomic E-state index is 10.9. The zero-order valence-electron chi connectivity index (χ0n) is 7.44. The lowest BCUT2D eigenvalue weighted by Crippen LogP contribution is -2.03. The van der Waals surface area contributed by atoms with Gasteiger partial charge < -0.3 is 10.8 Å². The molecule has 0 saturated carbocycles. The van der Waals surface area contributed by atoms with Gasteiger partial charge in [0.25, 0.3) is 0 Å². The maximum atomic E-state index is 10.9. The molecule has 1 aromatic carbocycles. The van der Waals surface area contributed by atoms with Crippen molar-refractivity contribution in [2.24, 2.45) is 0 Å². The third-order valence-electron chi connectivity index (χ3n) is 1.91. The van der Waals surface area contributed by atoms with E-state index in [9.17, 15) is 4.79 Å². The molecule has 0 amide bonds. The van der Waals surface area contributed by atoms with E-state index in [4.69, 9.17) is 10.8 Å². The van der Waals surface area contributed by atoms with Crippen LogP contribution in [0, 0.1) is 6.92 Å². The average molecular weight is 208 g/mol. The van der Waals surface area contributed by atoms with Crippen LogP contribution < -0.4 is 5.73 Å². The standard InChI is InChI=1S/C9H8N2O2S/c1-4-11-8-6(14-4)3-2-5(10)7(8)9(12)13/h2-3H,10H2,1H3,(H,12,13). The van der Waals surface area contributed by atoms with Crippen molar-refractivity contribution in [2.75, 3.05) is 5.73 Å². The summed E-state index contributed by atoms with van der Waals surface area (Å²) in [7, 11) is 0. The summed E-state index contributed by atoms with van der Waals surface area (Å²) in [6.45, 7) is 1.84. The van der Waals surface area contributed by atoms with Crippen molar-refractivity contribution < 1.29 is 9.90 Å². The van der Waals surface area contributed by atoms with Crippen LogP contribution in [0.4, 0.5) is 5.69 Å². The number of rotatable bonds is 1. The smallest absolute Gasteiger partial charge is 0.340 e. The molecule has 0 aliphatic heterocycles. The van der Waals surface area contributed by atoms with Gasteiger partial charge >= 0.3 is 5.97 Å². The number of nitrogen functional groups attached to an aromatic ring is 1. The van der Waals surface area contributed by atoms with Crippen molar-refractivity contribution in [3.63, 3.8) is 0 Å². The zero-order valence-corrected chi connectivity index (χ0v) is 8.26. The highest BCUT2D eigenvalue weighted by molar-refractivity contribution is 7.18. The number of benzene rings is 1. The molecule has 1 aromatic heterocycles. The predicted molar refractivity (Wildman–Crippen MR) is 55.7 cm³/mol. The average Bonchev–Trinajstić information content (AvgIpc) is 2.43. The maximum Gasteiger partial charge on any atom is 0.340 e. The van der Waals surface area contributed by atoms with E-state index in [-0.39, 0.29) is 11.3 Å². The molecule has 0 unspecified atom stereocenters. The number of aromatic nitrogens is 1. The second-order valence-corrected chi connectivity index (χ2v) is 4.15. The summed E-state index contributed by atoms with van der Waals surface area (Å²) in [5.41, 5.74) is 6.43. The van der Waals surface area contributed by atoms with Gasteiger partial charge in [-0.2, -0.15) is 0 Å². The Bertz CT molecular complexity index is 519. The quantitative estimate of drug-likeness (QED) is 0.701. The van der Waals surface area contributed by atoms with E-state index in [0.717, 1.165) is 9.71 Å². The Hall–Kier alpha value is -1.62. The van der Waals surface area contributed by atoms with Gasteiger partial charge in [0.2, 0.25) is 0 Å². The number of carboxylic acids is 1. The van der Waals surface area contributed by atoms with Gasteiger partial charge in [0.15, 0.2) is 0 Å². The van der Waals surface area contributed by atoms with Gasteiger partial charge in [0, 0.05) is 5.69 Å². The van der Waals surface area contributed by atoms with Crippen molar-refractivity contribution >= 4 is 33.2 Å². The van der Waals surface area contributed by atoms with E-state index in [1.807, 2.05) is 6.92 Å². The number of hydrogen-bond donors (Lipinski definition) is 2. The van der Waals surface area contributed by atoms with E-state index >= 15 is 0 Å². The number of hydrogen-bond acceptors (Lipinski definition) is 4. The van der Waals surface area contributed by atoms with Crippen LogP contribution in [0.25, 0.3) is 10.2 Å². The van der Waals surface area contributed by atoms with Gasteiger partial charge in [-0.1, -0.05) is 0 Å². The van der Waals surface area contributed by atoms with Crippen LogP contribution in [0.15, 0.2) is 12.1 Å². The summed E-state index contributed by atoms with van der Waals surface area (Å²) in [4.78, 5) is 15.1. The Balaban J connectivity index is 2.88. The first kappa shape index (κ1) is 8.96. The SMILES string of the molecule is Cc1nc2c(C(=O)O)c(N)ccc2s1. The highest BCUT2D eigenvalue weighted by atomic mass is 32.1. The van der Waals surface area contributed by atoms with Gasteiger partial charge in [-0.05, 0) is 19.1 Å². The molecule has 1 heterocycles. The number of thiazole rings is 1. The van der Waals surface area contributed by atoms with Crippen molar-refractivity contribution in [1.82, 2.24) is 4.98 Å². The molecular formula is C9H8N2O2S. The Kier molecular flexibility index (Phi) is 1.89. The molecule has 0 radical (unpaired) electrons. The minimum Gasteiger partial charge on any atom is -0.478 e. The summed E-state index contributed by atoms with van der Waals surface area (Å²) in [5.74, 6) is -1.03. The van der Waals surface area contributed by atoms with Crippen molar-refractivity contribution in [3.8, 4) is 0 Å². The van der Waals surface area contributed by atoms with Crippen LogP contribution in [-0.2, 0) is 0 Å². The molecular weight excluding hydrogens is 200 g/mol. The molecule has 5 heteroatoms. The second kappa shape index (κ2) is 2.95. The minimum absolute atomic E-state index is 0.104. The number of carbonyl (C=O) groups is 1. The molecule has 72 valence electrons. The van der Waals surface area contributed by atoms with Crippen LogP contribution in [0.1, 0.15) is 15.4 Å². The van der Waals surface area contributed by atoms with E-state index in [1.54, 1.807) is 12.1 Å². The van der Waals surface area contributed by atoms with Gasteiger partial charge in [-0.25, -0.2) is 9.78 Å². The highest BCUT2D eigenvalue weighted by Gasteiger charge is 2.15. The van der Waals surface area contributed by atoms with Crippen LogP contribution in [-0.4, -0.2) is 16.1 Å². The number of aryl methyl sites for hydroxylation is 1. The fraction of sp³-hybridized carbons (Fsp3) is 0.111. The molecule has 0 aliphatic rings. The van der Waals surface area contributed by atoms with Crippen LogP contribution >= 0.6 is 11.3 Å². The first-order chi connectivity index (χ1) is 6.59. The minimum atomic E-state index is -1.03. The van der Waals surface area contributed by atoms with Crippen molar-refractivity contribution in [1.29, 1.82) is 0 Å². The molecule has 14 heavy (non-hydrogen) atoms. The molecule has 2 aromatic rings. The van der Waals surface area contributed by atoms with E-state index in [1.165, 1.54) is 11.3 Å². The van der Waals surface area contributed by atoms with Gasteiger partial charge in [-0.15, -0.1) is 11.3 Å². The number of carboxylic acid groups (broad SMARTS) is 1. The largest absolute Gasteiger partial charge is 0.478 e. The molecule has 0 saturated heterocycles. The number of anilines is 1. The lowest BCUT2D eigenvalue weighted by Gasteiger charge is -1.99. The van der Waals surface area contributed by atoms with Crippen LogP contribution in [0.5, 0.6) is 0 Å². The molecule has 0 spiro atoms. The van der Waals surface area contributed by atoms with Gasteiger partial charge in [0.1, 0.15) is 5.56 Å². The third-order valence-corrected chi connectivity index (χ3v) is 2.85. The summed E-state index contributed by atoms with van der Waals surface area (Å²) in [5, 5.41) is 9.80. The van der Waals surface area contributed by atoms with E-state index < -0.39 is 5.97 Å². The summed E-state index contributed by atoms with van der Waals surface area (Å²) >= 11 is 1.46. The Morgan fingerprint density at radius 1 is 1.57 bits per heavy atom. The fourth-order valence-corrected chi connectivity index (χ4v) is 2.18. The second-order valence-electron chi connectivity index (χ2n) is 2.91. The fourth-order valence-electron chi connectivity index (χ4n) is 1.35. The zero-order chi connectivity index (χ0) is 10.3. The molecule has 0 fully saturated rings. The Morgan fingerprint density at radius 3 is 2.93 bits per heavy atom.